The van der Waals surface area contributed by atoms with Gasteiger partial charge in [-0.25, -0.2) is 13.8 Å². The Kier molecular flexibility index (Phi) is 7.78. The molecule has 5 rings (SSSR count). The second kappa shape index (κ2) is 11.8. The number of benzene rings is 3. The minimum Gasteiger partial charge on any atom is -0.507 e. The summed E-state index contributed by atoms with van der Waals surface area (Å²) in [6.45, 7) is 1.88. The molecular formula is C30H23F2N5O5. The molecule has 0 radical (unpaired) electrons. The predicted octanol–water partition coefficient (Wildman–Crippen LogP) is 5.30. The van der Waals surface area contributed by atoms with Gasteiger partial charge in [0.2, 0.25) is 0 Å². The molecule has 4 N–H and O–H groups in total. The number of ether oxygens (including phenoxy) is 2. The SMILES string of the molecule is CCOc1ccn(-c2ccc(F)cc2)c(=O)c1C(=O)Nc1ccc(Oc2ccc(O)c(-c3cnc(N)cn3)c2)c(F)c1. The number of nitrogen functional groups attached to an aromatic ring is 1. The van der Waals surface area contributed by atoms with Crippen LogP contribution in [0.1, 0.15) is 17.3 Å². The summed E-state index contributed by atoms with van der Waals surface area (Å²) < 4.78 is 40.8. The van der Waals surface area contributed by atoms with Crippen molar-refractivity contribution in [2.45, 2.75) is 6.92 Å². The lowest BCUT2D eigenvalue weighted by molar-refractivity contribution is 0.102. The fourth-order valence-corrected chi connectivity index (χ4v) is 4.05. The fraction of sp³-hybridized carbons (Fsp3) is 0.0667. The van der Waals surface area contributed by atoms with E-state index in [0.29, 0.717) is 16.9 Å². The standard InChI is InChI=1S/C30H23F2N5O5/c1-2-41-26-11-12-37(19-6-3-17(31)4-7-19)30(40)28(26)29(39)36-18-5-10-25(22(32)13-18)42-20-8-9-24(38)21(14-20)23-15-35-27(33)16-34-23/h3-16,38H,2H2,1H3,(H2,33,35)(H,36,39). The van der Waals surface area contributed by atoms with Crippen LogP contribution in [0.4, 0.5) is 20.3 Å². The number of carbonyl (C=O) groups is 1. The number of aromatic nitrogens is 3. The van der Waals surface area contributed by atoms with Gasteiger partial charge in [0.05, 0.1) is 24.7 Å². The maximum atomic E-state index is 15.1. The van der Waals surface area contributed by atoms with Crippen LogP contribution in [-0.4, -0.2) is 32.2 Å². The molecule has 0 spiro atoms. The minimum atomic E-state index is -0.833. The van der Waals surface area contributed by atoms with Crippen LogP contribution in [0.5, 0.6) is 23.0 Å². The lowest BCUT2D eigenvalue weighted by Crippen LogP contribution is -2.29. The number of nitrogens with two attached hydrogens (primary N) is 1. The third kappa shape index (κ3) is 5.87. The number of anilines is 2. The second-order valence-electron chi connectivity index (χ2n) is 8.85. The van der Waals surface area contributed by atoms with Gasteiger partial charge in [-0.2, -0.15) is 0 Å². The zero-order valence-electron chi connectivity index (χ0n) is 22.0. The molecule has 3 aromatic carbocycles. The number of aromatic hydroxyl groups is 1. The Morgan fingerprint density at radius 3 is 2.48 bits per heavy atom. The van der Waals surface area contributed by atoms with Gasteiger partial charge in [-0.3, -0.25) is 19.1 Å². The Balaban J connectivity index is 1.39. The third-order valence-electron chi connectivity index (χ3n) is 6.02. The lowest BCUT2D eigenvalue weighted by atomic mass is 10.1. The second-order valence-corrected chi connectivity index (χ2v) is 8.85. The van der Waals surface area contributed by atoms with Crippen molar-refractivity contribution in [3.8, 4) is 39.9 Å². The summed E-state index contributed by atoms with van der Waals surface area (Å²) >= 11 is 0. The number of halogens is 2. The molecule has 0 atom stereocenters. The molecular weight excluding hydrogens is 548 g/mol. The first-order valence-electron chi connectivity index (χ1n) is 12.6. The van der Waals surface area contributed by atoms with Crippen LogP contribution in [0.2, 0.25) is 0 Å². The van der Waals surface area contributed by atoms with E-state index >= 15 is 4.39 Å². The van der Waals surface area contributed by atoms with E-state index in [-0.39, 0.29) is 46.7 Å². The van der Waals surface area contributed by atoms with Crippen LogP contribution in [0.3, 0.4) is 0 Å². The maximum absolute atomic E-state index is 15.1. The number of carbonyl (C=O) groups excluding carboxylic acids is 1. The molecule has 10 nitrogen and oxygen atoms in total. The van der Waals surface area contributed by atoms with E-state index in [9.17, 15) is 19.1 Å². The molecule has 0 aliphatic heterocycles. The fourth-order valence-electron chi connectivity index (χ4n) is 4.05. The van der Waals surface area contributed by atoms with Crippen LogP contribution >= 0.6 is 0 Å². The highest BCUT2D eigenvalue weighted by Gasteiger charge is 2.21. The van der Waals surface area contributed by atoms with Crippen LogP contribution < -0.4 is 26.1 Å². The molecule has 212 valence electrons. The van der Waals surface area contributed by atoms with Crippen molar-refractivity contribution >= 4 is 17.4 Å². The van der Waals surface area contributed by atoms with E-state index < -0.39 is 23.1 Å². The molecule has 0 aliphatic carbocycles. The zero-order valence-corrected chi connectivity index (χ0v) is 22.0. The number of hydrogen-bond donors (Lipinski definition) is 3. The summed E-state index contributed by atoms with van der Waals surface area (Å²) in [7, 11) is 0. The highest BCUT2D eigenvalue weighted by Crippen LogP contribution is 2.34. The topological polar surface area (TPSA) is 142 Å². The third-order valence-corrected chi connectivity index (χ3v) is 6.02. The quantitative estimate of drug-likeness (QED) is 0.228. The van der Waals surface area contributed by atoms with Crippen molar-refractivity contribution in [1.82, 2.24) is 14.5 Å². The average Bonchev–Trinajstić information content (AvgIpc) is 2.97. The summed E-state index contributed by atoms with van der Waals surface area (Å²) in [5, 5.41) is 12.8. The largest absolute Gasteiger partial charge is 0.507 e. The molecule has 0 saturated heterocycles. The number of amides is 1. The molecule has 1 amide bonds. The number of nitrogens with zero attached hydrogens (tertiary/aromatic N) is 3. The number of nitrogens with one attached hydrogen (secondary N) is 1. The van der Waals surface area contributed by atoms with Gasteiger partial charge in [-0.05, 0) is 67.6 Å². The van der Waals surface area contributed by atoms with E-state index in [1.54, 1.807) is 6.92 Å². The van der Waals surface area contributed by atoms with Gasteiger partial charge in [0.25, 0.3) is 11.5 Å². The van der Waals surface area contributed by atoms with Crippen molar-refractivity contribution in [3.63, 3.8) is 0 Å². The van der Waals surface area contributed by atoms with Crippen LogP contribution in [-0.2, 0) is 0 Å². The average molecular weight is 572 g/mol. The van der Waals surface area contributed by atoms with Gasteiger partial charge in [0.15, 0.2) is 11.6 Å². The van der Waals surface area contributed by atoms with Crippen molar-refractivity contribution < 1.29 is 28.2 Å². The van der Waals surface area contributed by atoms with Crippen molar-refractivity contribution in [2.24, 2.45) is 0 Å². The smallest absolute Gasteiger partial charge is 0.271 e. The molecule has 0 fully saturated rings. The summed E-state index contributed by atoms with van der Waals surface area (Å²) in [5.41, 5.74) is 5.56. The van der Waals surface area contributed by atoms with E-state index in [1.807, 2.05) is 0 Å². The Morgan fingerprint density at radius 1 is 1.00 bits per heavy atom. The van der Waals surface area contributed by atoms with Gasteiger partial charge >= 0.3 is 0 Å². The number of hydrogen-bond acceptors (Lipinski definition) is 8. The number of pyridine rings is 1. The molecule has 5 aromatic rings. The van der Waals surface area contributed by atoms with Gasteiger partial charge in [-0.1, -0.05) is 0 Å². The van der Waals surface area contributed by atoms with Crippen molar-refractivity contribution in [2.75, 3.05) is 17.7 Å². The van der Waals surface area contributed by atoms with Crippen molar-refractivity contribution in [1.29, 1.82) is 0 Å². The molecule has 2 aromatic heterocycles. The van der Waals surface area contributed by atoms with E-state index in [4.69, 9.17) is 15.2 Å². The van der Waals surface area contributed by atoms with Crippen LogP contribution in [0.15, 0.2) is 90.1 Å². The summed E-state index contributed by atoms with van der Waals surface area (Å²) in [6, 6.07) is 14.6. The van der Waals surface area contributed by atoms with Gasteiger partial charge in [0.1, 0.15) is 34.4 Å². The molecule has 2 heterocycles. The van der Waals surface area contributed by atoms with Gasteiger partial charge in [-0.15, -0.1) is 0 Å². The maximum Gasteiger partial charge on any atom is 0.271 e. The van der Waals surface area contributed by atoms with E-state index in [0.717, 1.165) is 6.07 Å². The summed E-state index contributed by atoms with van der Waals surface area (Å²) in [4.78, 5) is 34.6. The summed E-state index contributed by atoms with van der Waals surface area (Å²) in [6.07, 6.45) is 4.13. The van der Waals surface area contributed by atoms with Crippen molar-refractivity contribution in [3.05, 3.63) is 113 Å². The van der Waals surface area contributed by atoms with E-state index in [2.05, 4.69) is 15.3 Å². The monoisotopic (exact) mass is 571 g/mol. The van der Waals surface area contributed by atoms with Gasteiger partial charge < -0.3 is 25.6 Å². The summed E-state index contributed by atoms with van der Waals surface area (Å²) in [5.74, 6) is -1.94. The predicted molar refractivity (Wildman–Crippen MR) is 151 cm³/mol. The van der Waals surface area contributed by atoms with Crippen LogP contribution in [0.25, 0.3) is 16.9 Å². The highest BCUT2D eigenvalue weighted by atomic mass is 19.1. The zero-order chi connectivity index (χ0) is 29.8. The highest BCUT2D eigenvalue weighted by molar-refractivity contribution is 6.06. The lowest BCUT2D eigenvalue weighted by Gasteiger charge is -2.14. The van der Waals surface area contributed by atoms with E-state index in [1.165, 1.54) is 83.8 Å². The first-order chi connectivity index (χ1) is 20.2. The Labute approximate surface area is 237 Å². The first kappa shape index (κ1) is 27.8. The number of phenols is 1. The number of phenolic OH excluding ortho intramolecular Hbond substituents is 1. The molecule has 42 heavy (non-hydrogen) atoms. The Bertz CT molecular complexity index is 1830. The molecule has 0 saturated carbocycles. The Hall–Kier alpha value is -5.78. The molecule has 0 aliphatic rings. The number of rotatable bonds is 8. The molecule has 0 bridgehead atoms. The Morgan fingerprint density at radius 2 is 1.79 bits per heavy atom. The first-order valence-corrected chi connectivity index (χ1v) is 12.6. The molecule has 12 heteroatoms. The van der Waals surface area contributed by atoms with Gasteiger partial charge in [0, 0.05) is 29.2 Å². The van der Waals surface area contributed by atoms with Crippen LogP contribution in [0, 0.1) is 11.6 Å². The normalized spacial score (nSPS) is 10.7. The molecule has 0 unspecified atom stereocenters. The minimum absolute atomic E-state index is 0.0349.